The van der Waals surface area contributed by atoms with Gasteiger partial charge in [0.25, 0.3) is 0 Å². The standard InChI is InChI=1S/C14H19F4NO/c1-2-19-8-7-11-3-5-12(6-4-11)9-20-10-14(17,18)13(15)16/h3-6,13,19H,2,7-10H2,1H3. The van der Waals surface area contributed by atoms with E-state index in [0.29, 0.717) is 5.56 Å². The second-order valence-electron chi connectivity index (χ2n) is 4.47. The Balaban J connectivity index is 2.35. The molecule has 0 aliphatic rings. The number of hydrogen-bond acceptors (Lipinski definition) is 2. The largest absolute Gasteiger partial charge is 0.370 e. The summed E-state index contributed by atoms with van der Waals surface area (Å²) in [7, 11) is 0. The average Bonchev–Trinajstić information content (AvgIpc) is 2.40. The fourth-order valence-electron chi connectivity index (χ4n) is 1.58. The predicted molar refractivity (Wildman–Crippen MR) is 69.3 cm³/mol. The normalized spacial score (nSPS) is 12.1. The Hall–Kier alpha value is -1.14. The second kappa shape index (κ2) is 8.21. The van der Waals surface area contributed by atoms with Crippen molar-refractivity contribution in [2.24, 2.45) is 0 Å². The van der Waals surface area contributed by atoms with E-state index in [1.54, 1.807) is 12.1 Å². The number of nitrogens with one attached hydrogen (secondary N) is 1. The van der Waals surface area contributed by atoms with Crippen LogP contribution in [0.2, 0.25) is 0 Å². The lowest BCUT2D eigenvalue weighted by Crippen LogP contribution is -2.32. The molecule has 1 aromatic rings. The molecule has 0 saturated heterocycles. The summed E-state index contributed by atoms with van der Waals surface area (Å²) in [6, 6.07) is 7.26. The Morgan fingerprint density at radius 1 is 1.15 bits per heavy atom. The summed E-state index contributed by atoms with van der Waals surface area (Å²) in [5.41, 5.74) is 1.80. The van der Waals surface area contributed by atoms with E-state index in [9.17, 15) is 17.6 Å². The highest BCUT2D eigenvalue weighted by molar-refractivity contribution is 5.22. The number of rotatable bonds is 9. The molecular weight excluding hydrogens is 274 g/mol. The van der Waals surface area contributed by atoms with Gasteiger partial charge in [-0.05, 0) is 30.6 Å². The lowest BCUT2D eigenvalue weighted by Gasteiger charge is -2.15. The molecule has 0 aliphatic heterocycles. The van der Waals surface area contributed by atoms with Crippen molar-refractivity contribution in [3.63, 3.8) is 0 Å². The van der Waals surface area contributed by atoms with E-state index < -0.39 is 19.0 Å². The lowest BCUT2D eigenvalue weighted by molar-refractivity contribution is -0.168. The highest BCUT2D eigenvalue weighted by atomic mass is 19.3. The second-order valence-corrected chi connectivity index (χ2v) is 4.47. The molecule has 0 spiro atoms. The molecule has 0 atom stereocenters. The first-order valence-electron chi connectivity index (χ1n) is 6.48. The van der Waals surface area contributed by atoms with E-state index in [1.807, 2.05) is 19.1 Å². The highest BCUT2D eigenvalue weighted by Gasteiger charge is 2.40. The molecule has 0 bridgehead atoms. The maximum absolute atomic E-state index is 12.6. The third-order valence-electron chi connectivity index (χ3n) is 2.75. The summed E-state index contributed by atoms with van der Waals surface area (Å²) >= 11 is 0. The number of alkyl halides is 4. The van der Waals surface area contributed by atoms with Crippen molar-refractivity contribution in [1.82, 2.24) is 5.32 Å². The third-order valence-corrected chi connectivity index (χ3v) is 2.75. The number of likely N-dealkylation sites (N-methyl/N-ethyl adjacent to an activating group) is 1. The highest BCUT2D eigenvalue weighted by Crippen LogP contribution is 2.23. The summed E-state index contributed by atoms with van der Waals surface area (Å²) in [6.45, 7) is 2.43. The number of ether oxygens (including phenoxy) is 1. The zero-order valence-electron chi connectivity index (χ0n) is 11.3. The molecule has 0 amide bonds. The van der Waals surface area contributed by atoms with Crippen molar-refractivity contribution in [1.29, 1.82) is 0 Å². The molecule has 1 aromatic carbocycles. The Bertz CT molecular complexity index is 381. The average molecular weight is 293 g/mol. The van der Waals surface area contributed by atoms with Gasteiger partial charge in [-0.15, -0.1) is 0 Å². The first-order valence-corrected chi connectivity index (χ1v) is 6.48. The molecule has 114 valence electrons. The lowest BCUT2D eigenvalue weighted by atomic mass is 10.1. The smallest absolute Gasteiger partial charge is 0.330 e. The van der Waals surface area contributed by atoms with Gasteiger partial charge in [0, 0.05) is 0 Å². The van der Waals surface area contributed by atoms with Crippen LogP contribution in [0.3, 0.4) is 0 Å². The third kappa shape index (κ3) is 5.88. The first-order chi connectivity index (χ1) is 9.45. The molecule has 1 N–H and O–H groups in total. The summed E-state index contributed by atoms with van der Waals surface area (Å²) in [4.78, 5) is 0. The minimum Gasteiger partial charge on any atom is -0.370 e. The Morgan fingerprint density at radius 3 is 2.30 bits per heavy atom. The van der Waals surface area contributed by atoms with Crippen LogP contribution >= 0.6 is 0 Å². The van der Waals surface area contributed by atoms with E-state index in [-0.39, 0.29) is 6.61 Å². The van der Waals surface area contributed by atoms with E-state index in [0.717, 1.165) is 25.1 Å². The van der Waals surface area contributed by atoms with Crippen LogP contribution in [-0.4, -0.2) is 32.0 Å². The zero-order valence-corrected chi connectivity index (χ0v) is 11.3. The number of hydrogen-bond donors (Lipinski definition) is 1. The van der Waals surface area contributed by atoms with E-state index in [1.165, 1.54) is 0 Å². The molecule has 0 unspecified atom stereocenters. The molecule has 0 fully saturated rings. The van der Waals surface area contributed by atoms with Gasteiger partial charge >= 0.3 is 12.3 Å². The van der Waals surface area contributed by atoms with Gasteiger partial charge in [-0.3, -0.25) is 0 Å². The van der Waals surface area contributed by atoms with Gasteiger partial charge in [-0.1, -0.05) is 31.2 Å². The summed E-state index contributed by atoms with van der Waals surface area (Å²) in [5, 5.41) is 3.19. The summed E-state index contributed by atoms with van der Waals surface area (Å²) < 4.78 is 53.7. The summed E-state index contributed by atoms with van der Waals surface area (Å²) in [6.07, 6.45) is -2.82. The van der Waals surface area contributed by atoms with Crippen LogP contribution in [0.4, 0.5) is 17.6 Å². The van der Waals surface area contributed by atoms with Crippen LogP contribution in [0.15, 0.2) is 24.3 Å². The molecular formula is C14H19F4NO. The van der Waals surface area contributed by atoms with Crippen molar-refractivity contribution >= 4 is 0 Å². The maximum atomic E-state index is 12.6. The van der Waals surface area contributed by atoms with E-state index >= 15 is 0 Å². The van der Waals surface area contributed by atoms with Crippen LogP contribution in [0.5, 0.6) is 0 Å². The minimum absolute atomic E-state index is 0.101. The fraction of sp³-hybridized carbons (Fsp3) is 0.571. The Kier molecular flexibility index (Phi) is 6.95. The van der Waals surface area contributed by atoms with Crippen LogP contribution in [-0.2, 0) is 17.8 Å². The molecule has 2 nitrogen and oxygen atoms in total. The minimum atomic E-state index is -4.09. The van der Waals surface area contributed by atoms with Gasteiger partial charge in [-0.2, -0.15) is 8.78 Å². The molecule has 20 heavy (non-hydrogen) atoms. The van der Waals surface area contributed by atoms with Gasteiger partial charge < -0.3 is 10.1 Å². The van der Waals surface area contributed by atoms with Gasteiger partial charge in [0.15, 0.2) is 0 Å². The van der Waals surface area contributed by atoms with Crippen LogP contribution < -0.4 is 5.32 Å². The Labute approximate surface area is 116 Å². The summed E-state index contributed by atoms with van der Waals surface area (Å²) in [5.74, 6) is -4.09. The van der Waals surface area contributed by atoms with Crippen LogP contribution in [0, 0.1) is 0 Å². The molecule has 0 heterocycles. The van der Waals surface area contributed by atoms with Crippen LogP contribution in [0.1, 0.15) is 18.1 Å². The molecule has 0 saturated carbocycles. The maximum Gasteiger partial charge on any atom is 0.330 e. The van der Waals surface area contributed by atoms with E-state index in [4.69, 9.17) is 0 Å². The predicted octanol–water partition coefficient (Wildman–Crippen LogP) is 3.26. The van der Waals surface area contributed by atoms with Gasteiger partial charge in [-0.25, -0.2) is 8.78 Å². The topological polar surface area (TPSA) is 21.3 Å². The van der Waals surface area contributed by atoms with Gasteiger partial charge in [0.05, 0.1) is 6.61 Å². The van der Waals surface area contributed by atoms with Gasteiger partial charge in [0.2, 0.25) is 0 Å². The molecule has 0 radical (unpaired) electrons. The van der Waals surface area contributed by atoms with E-state index in [2.05, 4.69) is 10.1 Å². The zero-order chi connectivity index (χ0) is 15.0. The fourth-order valence-corrected chi connectivity index (χ4v) is 1.58. The van der Waals surface area contributed by atoms with Crippen molar-refractivity contribution in [2.45, 2.75) is 32.3 Å². The monoisotopic (exact) mass is 293 g/mol. The van der Waals surface area contributed by atoms with Crippen LogP contribution in [0.25, 0.3) is 0 Å². The Morgan fingerprint density at radius 2 is 1.75 bits per heavy atom. The van der Waals surface area contributed by atoms with Crippen molar-refractivity contribution < 1.29 is 22.3 Å². The number of halogens is 4. The molecule has 0 aliphatic carbocycles. The number of benzene rings is 1. The molecule has 6 heteroatoms. The van der Waals surface area contributed by atoms with Gasteiger partial charge in [0.1, 0.15) is 6.61 Å². The SMILES string of the molecule is CCNCCc1ccc(COCC(F)(F)C(F)F)cc1. The first kappa shape index (κ1) is 16.9. The quantitative estimate of drug-likeness (QED) is 0.557. The van der Waals surface area contributed by atoms with Crippen molar-refractivity contribution in [3.05, 3.63) is 35.4 Å². The van der Waals surface area contributed by atoms with Crippen molar-refractivity contribution in [2.75, 3.05) is 19.7 Å². The van der Waals surface area contributed by atoms with Crippen molar-refractivity contribution in [3.8, 4) is 0 Å². The molecule has 1 rings (SSSR count). The molecule has 0 aromatic heterocycles.